The number of hydrogen-bond acceptors (Lipinski definition) is 7. The van der Waals surface area contributed by atoms with Gasteiger partial charge in [0.2, 0.25) is 5.91 Å². The smallest absolute Gasteiger partial charge is 0.286 e. The van der Waals surface area contributed by atoms with E-state index in [-0.39, 0.29) is 11.1 Å². The van der Waals surface area contributed by atoms with E-state index < -0.39 is 5.25 Å². The first-order valence-electron chi connectivity index (χ1n) is 9.28. The van der Waals surface area contributed by atoms with Crippen molar-refractivity contribution in [3.05, 3.63) is 42.2 Å². The predicted molar refractivity (Wildman–Crippen MR) is 134 cm³/mol. The van der Waals surface area contributed by atoms with Gasteiger partial charge in [0.25, 0.3) is 5.24 Å². The van der Waals surface area contributed by atoms with Crippen molar-refractivity contribution in [3.8, 4) is 23.0 Å². The summed E-state index contributed by atoms with van der Waals surface area (Å²) in [5, 5.41) is 1.48. The monoisotopic (exact) mass is 651 g/mol. The van der Waals surface area contributed by atoms with Crippen LogP contribution in [0.3, 0.4) is 0 Å². The van der Waals surface area contributed by atoms with Crippen molar-refractivity contribution >= 4 is 70.7 Å². The second-order valence-corrected chi connectivity index (χ2v) is 10.3. The number of methoxy groups -OCH3 is 4. The number of hydrogen-bond donors (Lipinski definition) is 1. The first-order chi connectivity index (χ1) is 15.2. The molecule has 1 N–H and O–H groups in total. The number of imide groups is 1. The van der Waals surface area contributed by atoms with Crippen LogP contribution in [-0.4, -0.2) is 44.8 Å². The van der Waals surface area contributed by atoms with Crippen LogP contribution in [0.25, 0.3) is 0 Å². The number of benzene rings is 2. The average Bonchev–Trinajstić information content (AvgIpc) is 3.09. The Morgan fingerprint density at radius 1 is 0.844 bits per heavy atom. The molecule has 0 radical (unpaired) electrons. The summed E-state index contributed by atoms with van der Waals surface area (Å²) in [5.41, 5.74) is 2.67. The minimum Gasteiger partial charge on any atom is -0.493 e. The van der Waals surface area contributed by atoms with Gasteiger partial charge in [0.1, 0.15) is 0 Å². The lowest BCUT2D eigenvalue weighted by atomic mass is 9.95. The van der Waals surface area contributed by atoms with Gasteiger partial charge in [0.15, 0.2) is 23.0 Å². The largest absolute Gasteiger partial charge is 0.493 e. The van der Waals surface area contributed by atoms with E-state index in [1.54, 1.807) is 28.4 Å². The van der Waals surface area contributed by atoms with E-state index in [4.69, 9.17) is 18.9 Å². The Balaban J connectivity index is 2.13. The third-order valence-electron chi connectivity index (χ3n) is 4.97. The van der Waals surface area contributed by atoms with E-state index in [0.717, 1.165) is 37.4 Å². The van der Waals surface area contributed by atoms with E-state index in [0.29, 0.717) is 40.3 Å². The highest BCUT2D eigenvalue weighted by Crippen LogP contribution is 2.46. The maximum Gasteiger partial charge on any atom is 0.286 e. The standard InChI is InChI=1S/C21H20Br3NO6S/c1-28-12-6-9(8-14-20(26)25-21(27)32-14)11(16(23)18(12)30-3)5-10-7-13(29-2)19(31-4)17(24)15(10)22/h6-7,14H,5,8H2,1-4H3,(H,25,26,27). The van der Waals surface area contributed by atoms with E-state index >= 15 is 0 Å². The van der Waals surface area contributed by atoms with Gasteiger partial charge in [-0.15, -0.1) is 0 Å². The number of amides is 2. The molecule has 11 heteroatoms. The van der Waals surface area contributed by atoms with Crippen molar-refractivity contribution in [1.29, 1.82) is 0 Å². The van der Waals surface area contributed by atoms with Crippen LogP contribution in [0.4, 0.5) is 4.79 Å². The summed E-state index contributed by atoms with van der Waals surface area (Å²) in [6, 6.07) is 3.74. The van der Waals surface area contributed by atoms with Gasteiger partial charge < -0.3 is 18.9 Å². The number of ether oxygens (including phenoxy) is 4. The van der Waals surface area contributed by atoms with Crippen LogP contribution >= 0.6 is 59.6 Å². The summed E-state index contributed by atoms with van der Waals surface area (Å²) in [7, 11) is 6.26. The SMILES string of the molecule is COc1cc(Cc2c(CC3SC(=O)NC3=O)cc(OC)c(OC)c2Br)c(Br)c(Br)c1OC. The topological polar surface area (TPSA) is 83.1 Å². The summed E-state index contributed by atoms with van der Waals surface area (Å²) in [6.45, 7) is 0. The molecule has 7 nitrogen and oxygen atoms in total. The van der Waals surface area contributed by atoms with E-state index in [1.165, 1.54) is 0 Å². The molecule has 0 saturated carbocycles. The van der Waals surface area contributed by atoms with Crippen molar-refractivity contribution in [2.45, 2.75) is 18.1 Å². The molecule has 2 aromatic rings. The molecule has 1 fully saturated rings. The summed E-state index contributed by atoms with van der Waals surface area (Å²) in [4.78, 5) is 23.9. The molecule has 1 heterocycles. The fraction of sp³-hybridized carbons (Fsp3) is 0.333. The molecule has 172 valence electrons. The summed E-state index contributed by atoms with van der Waals surface area (Å²) >= 11 is 11.9. The van der Waals surface area contributed by atoms with Gasteiger partial charge in [-0.25, -0.2) is 0 Å². The normalized spacial score (nSPS) is 15.5. The molecular formula is C21H20Br3NO6S. The van der Waals surface area contributed by atoms with Gasteiger partial charge in [-0.05, 0) is 83.0 Å². The fourth-order valence-corrected chi connectivity index (χ4v) is 6.08. The van der Waals surface area contributed by atoms with Crippen LogP contribution in [0, 0.1) is 0 Å². The van der Waals surface area contributed by atoms with Crippen molar-refractivity contribution in [2.75, 3.05) is 28.4 Å². The number of carbonyl (C=O) groups excluding carboxylic acids is 2. The fourth-order valence-electron chi connectivity index (χ4n) is 3.44. The molecule has 1 saturated heterocycles. The molecule has 2 amide bonds. The molecule has 0 aliphatic carbocycles. The number of thioether (sulfide) groups is 1. The van der Waals surface area contributed by atoms with Crippen LogP contribution in [0.5, 0.6) is 23.0 Å². The maximum atomic E-state index is 12.2. The van der Waals surface area contributed by atoms with Crippen molar-refractivity contribution in [2.24, 2.45) is 0 Å². The van der Waals surface area contributed by atoms with Gasteiger partial charge in [0.05, 0.1) is 42.6 Å². The highest BCUT2D eigenvalue weighted by molar-refractivity contribution is 9.13. The molecule has 1 aliphatic rings. The molecule has 1 unspecified atom stereocenters. The van der Waals surface area contributed by atoms with Crippen molar-refractivity contribution in [3.63, 3.8) is 0 Å². The number of nitrogens with one attached hydrogen (secondary N) is 1. The second-order valence-electron chi connectivity index (χ2n) is 6.73. The molecule has 1 aliphatic heterocycles. The lowest BCUT2D eigenvalue weighted by Gasteiger charge is -2.20. The maximum absolute atomic E-state index is 12.2. The van der Waals surface area contributed by atoms with E-state index in [1.807, 2.05) is 12.1 Å². The third-order valence-corrected chi connectivity index (χ3v) is 8.99. The van der Waals surface area contributed by atoms with Crippen LogP contribution in [0.1, 0.15) is 16.7 Å². The Morgan fingerprint density at radius 2 is 1.41 bits per heavy atom. The van der Waals surface area contributed by atoms with Crippen LogP contribution in [0.15, 0.2) is 25.6 Å². The van der Waals surface area contributed by atoms with Crippen molar-refractivity contribution < 1.29 is 28.5 Å². The van der Waals surface area contributed by atoms with Gasteiger partial charge in [-0.2, -0.15) is 0 Å². The first kappa shape index (κ1) is 25.2. The number of carbonyl (C=O) groups is 2. The summed E-state index contributed by atoms with van der Waals surface area (Å²) < 4.78 is 24.3. The van der Waals surface area contributed by atoms with Gasteiger partial charge in [-0.1, -0.05) is 11.8 Å². The molecule has 2 aromatic carbocycles. The minimum absolute atomic E-state index is 0.299. The van der Waals surface area contributed by atoms with Crippen LogP contribution in [0.2, 0.25) is 0 Å². The zero-order valence-electron chi connectivity index (χ0n) is 17.6. The summed E-state index contributed by atoms with van der Waals surface area (Å²) in [5.74, 6) is 1.92. The van der Waals surface area contributed by atoms with E-state index in [2.05, 4.69) is 53.1 Å². The molecular weight excluding hydrogens is 634 g/mol. The molecule has 0 aromatic heterocycles. The van der Waals surface area contributed by atoms with Crippen molar-refractivity contribution in [1.82, 2.24) is 5.32 Å². The minimum atomic E-state index is -0.521. The van der Waals surface area contributed by atoms with Gasteiger partial charge in [0, 0.05) is 10.9 Å². The first-order valence-corrected chi connectivity index (χ1v) is 12.5. The molecule has 3 rings (SSSR count). The lowest BCUT2D eigenvalue weighted by molar-refractivity contribution is -0.118. The summed E-state index contributed by atoms with van der Waals surface area (Å²) in [6.07, 6.45) is 0.825. The lowest BCUT2D eigenvalue weighted by Crippen LogP contribution is -2.25. The number of rotatable bonds is 8. The average molecular weight is 654 g/mol. The van der Waals surface area contributed by atoms with Crippen LogP contribution in [-0.2, 0) is 17.6 Å². The van der Waals surface area contributed by atoms with E-state index in [9.17, 15) is 9.59 Å². The second kappa shape index (κ2) is 10.7. The zero-order chi connectivity index (χ0) is 23.6. The third kappa shape index (κ3) is 4.90. The zero-order valence-corrected chi connectivity index (χ0v) is 23.2. The van der Waals surface area contributed by atoms with Gasteiger partial charge in [-0.3, -0.25) is 14.9 Å². The highest BCUT2D eigenvalue weighted by Gasteiger charge is 2.33. The Hall–Kier alpha value is -1.43. The molecule has 32 heavy (non-hydrogen) atoms. The highest BCUT2D eigenvalue weighted by atomic mass is 79.9. The predicted octanol–water partition coefficient (Wildman–Crippen LogP) is 5.49. The molecule has 0 bridgehead atoms. The quantitative estimate of drug-likeness (QED) is 0.403. The molecule has 1 atom stereocenters. The number of halogens is 3. The van der Waals surface area contributed by atoms with Crippen LogP contribution < -0.4 is 24.3 Å². The Morgan fingerprint density at radius 3 is 1.91 bits per heavy atom. The Labute approximate surface area is 215 Å². The van der Waals surface area contributed by atoms with Gasteiger partial charge >= 0.3 is 0 Å². The Kier molecular flexibility index (Phi) is 8.40. The molecule has 0 spiro atoms. The Bertz CT molecular complexity index is 1080.